The van der Waals surface area contributed by atoms with Gasteiger partial charge in [0, 0.05) is 5.75 Å². The number of amides is 2. The quantitative estimate of drug-likeness (QED) is 0.453. The number of rotatable bonds is 1. The molecule has 11 heavy (non-hydrogen) atoms. The summed E-state index contributed by atoms with van der Waals surface area (Å²) in [7, 11) is 0. The van der Waals surface area contributed by atoms with E-state index < -0.39 is 0 Å². The van der Waals surface area contributed by atoms with Crippen LogP contribution in [-0.4, -0.2) is 40.8 Å². The van der Waals surface area contributed by atoms with E-state index >= 15 is 0 Å². The lowest BCUT2D eigenvalue weighted by Crippen LogP contribution is -2.38. The number of nitrogens with one attached hydrogen (secondary N) is 2. The molecular formula is C6H10N2O2S. The zero-order chi connectivity index (χ0) is 7.84. The summed E-state index contributed by atoms with van der Waals surface area (Å²) < 4.78 is 0. The Hall–Kier alpha value is -0.420. The summed E-state index contributed by atoms with van der Waals surface area (Å²) >= 11 is 1.71. The predicted octanol–water partition coefficient (Wildman–Crippen LogP) is -0.856. The fourth-order valence-electron chi connectivity index (χ4n) is 1.55. The van der Waals surface area contributed by atoms with Crippen molar-refractivity contribution < 1.29 is 9.90 Å². The van der Waals surface area contributed by atoms with Gasteiger partial charge < -0.3 is 15.7 Å². The Morgan fingerprint density at radius 3 is 3.18 bits per heavy atom. The molecule has 0 aromatic carbocycles. The van der Waals surface area contributed by atoms with Gasteiger partial charge in [-0.05, 0) is 0 Å². The molecule has 0 aromatic heterocycles. The van der Waals surface area contributed by atoms with Gasteiger partial charge in [0.05, 0.1) is 23.9 Å². The maximum atomic E-state index is 10.8. The normalized spacial score (nSPS) is 41.5. The van der Waals surface area contributed by atoms with Crippen molar-refractivity contribution in [2.45, 2.75) is 17.3 Å². The van der Waals surface area contributed by atoms with Crippen LogP contribution >= 0.6 is 11.8 Å². The average Bonchev–Trinajstić information content (AvgIpc) is 2.45. The molecule has 4 nitrogen and oxygen atoms in total. The maximum Gasteiger partial charge on any atom is 0.315 e. The van der Waals surface area contributed by atoms with Crippen LogP contribution < -0.4 is 10.6 Å². The molecule has 0 aromatic rings. The van der Waals surface area contributed by atoms with Crippen molar-refractivity contribution in [3.63, 3.8) is 0 Å². The molecule has 3 unspecified atom stereocenters. The van der Waals surface area contributed by atoms with Crippen molar-refractivity contribution >= 4 is 17.8 Å². The van der Waals surface area contributed by atoms with Crippen LogP contribution in [0, 0.1) is 0 Å². The van der Waals surface area contributed by atoms with Crippen molar-refractivity contribution in [2.75, 3.05) is 12.4 Å². The molecule has 2 fully saturated rings. The average molecular weight is 174 g/mol. The lowest BCUT2D eigenvalue weighted by atomic mass is 10.1. The van der Waals surface area contributed by atoms with Gasteiger partial charge in [0.2, 0.25) is 0 Å². The molecule has 62 valence electrons. The standard InChI is InChI=1S/C6H10N2O2S/c9-1-4-5-3(2-11-4)7-6(10)8-5/h3-5,9H,1-2H2,(H2,7,8,10). The largest absolute Gasteiger partial charge is 0.395 e. The Kier molecular flexibility index (Phi) is 1.69. The van der Waals surface area contributed by atoms with Crippen LogP contribution in [0.3, 0.4) is 0 Å². The zero-order valence-electron chi connectivity index (χ0n) is 5.91. The van der Waals surface area contributed by atoms with Crippen LogP contribution in [0.25, 0.3) is 0 Å². The van der Waals surface area contributed by atoms with E-state index in [9.17, 15) is 4.79 Å². The van der Waals surface area contributed by atoms with Crippen LogP contribution in [0.5, 0.6) is 0 Å². The van der Waals surface area contributed by atoms with Gasteiger partial charge in [-0.3, -0.25) is 0 Å². The Morgan fingerprint density at radius 1 is 1.64 bits per heavy atom. The third kappa shape index (κ3) is 1.08. The van der Waals surface area contributed by atoms with Gasteiger partial charge >= 0.3 is 6.03 Å². The second-order valence-electron chi connectivity index (χ2n) is 2.80. The first-order valence-corrected chi connectivity index (χ1v) is 4.65. The number of urea groups is 1. The Balaban J connectivity index is 2.07. The zero-order valence-corrected chi connectivity index (χ0v) is 6.73. The molecule has 0 aliphatic carbocycles. The molecule has 3 atom stereocenters. The number of aliphatic hydroxyl groups is 1. The van der Waals surface area contributed by atoms with Crippen molar-refractivity contribution in [3.8, 4) is 0 Å². The minimum Gasteiger partial charge on any atom is -0.395 e. The molecule has 2 aliphatic heterocycles. The number of thioether (sulfide) groups is 1. The number of fused-ring (bicyclic) bond motifs is 1. The molecule has 0 radical (unpaired) electrons. The van der Waals surface area contributed by atoms with E-state index in [0.29, 0.717) is 0 Å². The fraction of sp³-hybridized carbons (Fsp3) is 0.833. The highest BCUT2D eigenvalue weighted by molar-refractivity contribution is 8.00. The monoisotopic (exact) mass is 174 g/mol. The van der Waals surface area contributed by atoms with Gasteiger partial charge in [-0.25, -0.2) is 4.79 Å². The summed E-state index contributed by atoms with van der Waals surface area (Å²) in [6, 6.07) is 0.265. The topological polar surface area (TPSA) is 61.4 Å². The van der Waals surface area contributed by atoms with Gasteiger partial charge in [-0.2, -0.15) is 11.8 Å². The molecule has 2 rings (SSSR count). The Morgan fingerprint density at radius 2 is 2.45 bits per heavy atom. The first-order valence-electron chi connectivity index (χ1n) is 3.61. The van der Waals surface area contributed by atoms with Gasteiger partial charge in [-0.1, -0.05) is 0 Å². The maximum absolute atomic E-state index is 10.8. The molecule has 0 bridgehead atoms. The highest BCUT2D eigenvalue weighted by Gasteiger charge is 2.42. The van der Waals surface area contributed by atoms with Gasteiger partial charge in [-0.15, -0.1) is 0 Å². The second kappa shape index (κ2) is 2.57. The lowest BCUT2D eigenvalue weighted by molar-refractivity contribution is 0.245. The molecule has 2 amide bonds. The fourth-order valence-corrected chi connectivity index (χ4v) is 2.86. The molecule has 5 heteroatoms. The van der Waals surface area contributed by atoms with Gasteiger partial charge in [0.1, 0.15) is 0 Å². The van der Waals surface area contributed by atoms with Crippen LogP contribution in [-0.2, 0) is 0 Å². The van der Waals surface area contributed by atoms with Crippen molar-refractivity contribution in [1.82, 2.24) is 10.6 Å². The molecular weight excluding hydrogens is 164 g/mol. The van der Waals surface area contributed by atoms with Crippen molar-refractivity contribution in [3.05, 3.63) is 0 Å². The number of carbonyl (C=O) groups is 1. The van der Waals surface area contributed by atoms with E-state index in [-0.39, 0.29) is 30.0 Å². The lowest BCUT2D eigenvalue weighted by Gasteiger charge is -2.12. The highest BCUT2D eigenvalue weighted by Crippen LogP contribution is 2.28. The number of hydrogen-bond acceptors (Lipinski definition) is 3. The van der Waals surface area contributed by atoms with E-state index in [1.807, 2.05) is 0 Å². The Labute approximate surface area is 68.7 Å². The second-order valence-corrected chi connectivity index (χ2v) is 4.08. The third-order valence-corrected chi connectivity index (χ3v) is 3.54. The van der Waals surface area contributed by atoms with E-state index in [2.05, 4.69) is 10.6 Å². The predicted molar refractivity (Wildman–Crippen MR) is 42.6 cm³/mol. The summed E-state index contributed by atoms with van der Waals surface area (Å²) in [5.41, 5.74) is 0. The number of hydrogen-bond donors (Lipinski definition) is 3. The molecule has 3 N–H and O–H groups in total. The van der Waals surface area contributed by atoms with Gasteiger partial charge in [0.25, 0.3) is 0 Å². The van der Waals surface area contributed by atoms with E-state index in [0.717, 1.165) is 5.75 Å². The van der Waals surface area contributed by atoms with Crippen LogP contribution in [0.4, 0.5) is 4.79 Å². The van der Waals surface area contributed by atoms with Crippen LogP contribution in [0.2, 0.25) is 0 Å². The van der Waals surface area contributed by atoms with Gasteiger partial charge in [0.15, 0.2) is 0 Å². The number of carbonyl (C=O) groups excluding carboxylic acids is 1. The molecule has 0 saturated carbocycles. The summed E-state index contributed by atoms with van der Waals surface area (Å²) in [4.78, 5) is 10.8. The van der Waals surface area contributed by atoms with Crippen molar-refractivity contribution in [1.29, 1.82) is 0 Å². The molecule has 2 saturated heterocycles. The van der Waals surface area contributed by atoms with Crippen LogP contribution in [0.1, 0.15) is 0 Å². The van der Waals surface area contributed by atoms with E-state index in [4.69, 9.17) is 5.11 Å². The van der Waals surface area contributed by atoms with Crippen LogP contribution in [0.15, 0.2) is 0 Å². The minimum absolute atomic E-state index is 0.0984. The highest BCUT2D eigenvalue weighted by atomic mass is 32.2. The minimum atomic E-state index is -0.0984. The van der Waals surface area contributed by atoms with Crippen molar-refractivity contribution in [2.24, 2.45) is 0 Å². The summed E-state index contributed by atoms with van der Waals surface area (Å²) in [5, 5.41) is 14.7. The summed E-state index contributed by atoms with van der Waals surface area (Å²) in [5.74, 6) is 0.911. The first kappa shape index (κ1) is 7.24. The SMILES string of the molecule is O=C1NC2CSC(CO)C2N1. The van der Waals surface area contributed by atoms with E-state index in [1.54, 1.807) is 11.8 Å². The number of aliphatic hydroxyl groups excluding tert-OH is 1. The molecule has 2 aliphatic rings. The molecule has 2 heterocycles. The first-order chi connectivity index (χ1) is 5.31. The third-order valence-electron chi connectivity index (χ3n) is 2.12. The Bertz CT molecular complexity index is 187. The smallest absolute Gasteiger partial charge is 0.315 e. The summed E-state index contributed by atoms with van der Waals surface area (Å²) in [6.07, 6.45) is 0. The molecule has 0 spiro atoms. The van der Waals surface area contributed by atoms with E-state index in [1.165, 1.54) is 0 Å². The summed E-state index contributed by atoms with van der Waals surface area (Å²) in [6.45, 7) is 0.147.